The van der Waals surface area contributed by atoms with Gasteiger partial charge in [0.15, 0.2) is 0 Å². The molecule has 0 aliphatic rings. The third-order valence-corrected chi connectivity index (χ3v) is 2.28. The summed E-state index contributed by atoms with van der Waals surface area (Å²) in [5.41, 5.74) is 0.396. The van der Waals surface area contributed by atoms with E-state index < -0.39 is 4.92 Å². The lowest BCUT2D eigenvalue weighted by Gasteiger charge is -2.14. The summed E-state index contributed by atoms with van der Waals surface area (Å²) >= 11 is 0. The van der Waals surface area contributed by atoms with Gasteiger partial charge in [0.25, 0.3) is 5.69 Å². The molecule has 0 spiro atoms. The second kappa shape index (κ2) is 6.58. The fourth-order valence-corrected chi connectivity index (χ4v) is 1.54. The van der Waals surface area contributed by atoms with Crippen LogP contribution in [0.15, 0.2) is 24.3 Å². The Balaban J connectivity index is 2.67. The predicted octanol–water partition coefficient (Wildman–Crippen LogP) is 2.35. The largest absolute Gasteiger partial charge is 0.466 e. The van der Waals surface area contributed by atoms with Crippen molar-refractivity contribution in [2.24, 2.45) is 0 Å². The summed E-state index contributed by atoms with van der Waals surface area (Å²) < 4.78 is 4.82. The standard InChI is InChI=1S/C12H16N2O4/c1-3-18-12(15)8-9(2)13-10-6-4-5-7-11(10)14(16)17/h4-7,9,13H,3,8H2,1-2H3. The number of ether oxygens (including phenoxy) is 1. The summed E-state index contributed by atoms with van der Waals surface area (Å²) in [6.45, 7) is 3.84. The van der Waals surface area contributed by atoms with Crippen molar-refractivity contribution in [1.82, 2.24) is 0 Å². The number of hydrogen-bond donors (Lipinski definition) is 1. The first-order valence-corrected chi connectivity index (χ1v) is 5.70. The maximum Gasteiger partial charge on any atom is 0.307 e. The van der Waals surface area contributed by atoms with Crippen LogP contribution in [-0.2, 0) is 9.53 Å². The molecule has 1 aromatic rings. The number of carbonyl (C=O) groups is 1. The molecule has 0 saturated carbocycles. The van der Waals surface area contributed by atoms with E-state index in [1.54, 1.807) is 32.0 Å². The molecule has 0 heterocycles. The molecule has 0 fully saturated rings. The highest BCUT2D eigenvalue weighted by Gasteiger charge is 2.16. The van der Waals surface area contributed by atoms with Crippen molar-refractivity contribution >= 4 is 17.3 Å². The molecule has 1 atom stereocenters. The molecule has 1 N–H and O–H groups in total. The summed E-state index contributed by atoms with van der Waals surface area (Å²) in [5, 5.41) is 13.7. The lowest BCUT2D eigenvalue weighted by molar-refractivity contribution is -0.384. The number of carbonyl (C=O) groups excluding carboxylic acids is 1. The van der Waals surface area contributed by atoms with Gasteiger partial charge >= 0.3 is 5.97 Å². The van der Waals surface area contributed by atoms with Crippen molar-refractivity contribution in [3.05, 3.63) is 34.4 Å². The van der Waals surface area contributed by atoms with Gasteiger partial charge in [0.05, 0.1) is 18.0 Å². The minimum absolute atomic E-state index is 0.00629. The fraction of sp³-hybridized carbons (Fsp3) is 0.417. The van der Waals surface area contributed by atoms with E-state index in [9.17, 15) is 14.9 Å². The van der Waals surface area contributed by atoms with Crippen molar-refractivity contribution in [3.63, 3.8) is 0 Å². The van der Waals surface area contributed by atoms with E-state index in [2.05, 4.69) is 5.32 Å². The minimum Gasteiger partial charge on any atom is -0.466 e. The van der Waals surface area contributed by atoms with Crippen molar-refractivity contribution in [3.8, 4) is 0 Å². The number of nitro benzene ring substituents is 1. The van der Waals surface area contributed by atoms with Crippen molar-refractivity contribution in [2.75, 3.05) is 11.9 Å². The fourth-order valence-electron chi connectivity index (χ4n) is 1.54. The van der Waals surface area contributed by atoms with Gasteiger partial charge < -0.3 is 10.1 Å². The average molecular weight is 252 g/mol. The summed E-state index contributed by atoms with van der Waals surface area (Å²) in [6, 6.07) is 6.09. The Morgan fingerprint density at radius 3 is 2.78 bits per heavy atom. The van der Waals surface area contributed by atoms with Crippen molar-refractivity contribution < 1.29 is 14.5 Å². The summed E-state index contributed by atoms with van der Waals surface area (Å²) in [6.07, 6.45) is 0.167. The number of benzene rings is 1. The monoisotopic (exact) mass is 252 g/mol. The van der Waals surface area contributed by atoms with Gasteiger partial charge in [-0.05, 0) is 19.9 Å². The maximum absolute atomic E-state index is 11.3. The van der Waals surface area contributed by atoms with E-state index in [1.807, 2.05) is 0 Å². The van der Waals surface area contributed by atoms with Gasteiger partial charge in [0.1, 0.15) is 5.69 Å². The molecule has 6 nitrogen and oxygen atoms in total. The quantitative estimate of drug-likeness (QED) is 0.477. The highest BCUT2D eigenvalue weighted by atomic mass is 16.6. The summed E-state index contributed by atoms with van der Waals surface area (Å²) in [7, 11) is 0. The Kier molecular flexibility index (Phi) is 5.10. The average Bonchev–Trinajstić information content (AvgIpc) is 2.29. The number of para-hydroxylation sites is 2. The van der Waals surface area contributed by atoms with Crippen LogP contribution < -0.4 is 5.32 Å². The molecule has 18 heavy (non-hydrogen) atoms. The molecule has 0 bridgehead atoms. The van der Waals surface area contributed by atoms with Gasteiger partial charge in [-0.3, -0.25) is 14.9 Å². The maximum atomic E-state index is 11.3. The number of nitrogens with one attached hydrogen (secondary N) is 1. The number of nitro groups is 1. The van der Waals surface area contributed by atoms with Crippen LogP contribution in [0.4, 0.5) is 11.4 Å². The van der Waals surface area contributed by atoms with Crippen LogP contribution in [0.3, 0.4) is 0 Å². The molecule has 0 aliphatic heterocycles. The Morgan fingerprint density at radius 1 is 1.50 bits per heavy atom. The lowest BCUT2D eigenvalue weighted by atomic mass is 10.2. The van der Waals surface area contributed by atoms with Crippen molar-refractivity contribution in [2.45, 2.75) is 26.3 Å². The van der Waals surface area contributed by atoms with Crippen LogP contribution in [0, 0.1) is 10.1 Å². The molecule has 0 aliphatic carbocycles. The first-order chi connectivity index (χ1) is 8.54. The molecule has 0 radical (unpaired) electrons. The van der Waals surface area contributed by atoms with Gasteiger partial charge in [-0.1, -0.05) is 12.1 Å². The van der Waals surface area contributed by atoms with Gasteiger partial charge in [-0.2, -0.15) is 0 Å². The SMILES string of the molecule is CCOC(=O)CC(C)Nc1ccccc1[N+](=O)[O-]. The van der Waals surface area contributed by atoms with Crippen molar-refractivity contribution in [1.29, 1.82) is 0 Å². The van der Waals surface area contributed by atoms with E-state index in [0.29, 0.717) is 12.3 Å². The lowest BCUT2D eigenvalue weighted by Crippen LogP contribution is -2.21. The van der Waals surface area contributed by atoms with Crippen LogP contribution in [0.25, 0.3) is 0 Å². The van der Waals surface area contributed by atoms with Crippen LogP contribution >= 0.6 is 0 Å². The molecule has 0 aromatic heterocycles. The van der Waals surface area contributed by atoms with E-state index in [0.717, 1.165) is 0 Å². The van der Waals surface area contributed by atoms with Gasteiger partial charge in [0, 0.05) is 12.1 Å². The third kappa shape index (κ3) is 4.04. The smallest absolute Gasteiger partial charge is 0.307 e. The zero-order valence-corrected chi connectivity index (χ0v) is 10.4. The first kappa shape index (κ1) is 14.0. The second-order valence-electron chi connectivity index (χ2n) is 3.83. The molecule has 98 valence electrons. The van der Waals surface area contributed by atoms with Gasteiger partial charge in [-0.15, -0.1) is 0 Å². The number of rotatable bonds is 6. The van der Waals surface area contributed by atoms with Crippen LogP contribution in [0.1, 0.15) is 20.3 Å². The summed E-state index contributed by atoms with van der Waals surface area (Å²) in [5.74, 6) is -0.323. The highest BCUT2D eigenvalue weighted by molar-refractivity contribution is 5.71. The number of hydrogen-bond acceptors (Lipinski definition) is 5. The number of anilines is 1. The van der Waals surface area contributed by atoms with E-state index in [1.165, 1.54) is 6.07 Å². The van der Waals surface area contributed by atoms with E-state index in [4.69, 9.17) is 4.74 Å². The molecule has 6 heteroatoms. The van der Waals surface area contributed by atoms with Gasteiger partial charge in [0.2, 0.25) is 0 Å². The Labute approximate surface area is 105 Å². The summed E-state index contributed by atoms with van der Waals surface area (Å²) in [4.78, 5) is 21.6. The minimum atomic E-state index is -0.459. The molecule has 1 unspecified atom stereocenters. The highest BCUT2D eigenvalue weighted by Crippen LogP contribution is 2.24. The molecule has 1 aromatic carbocycles. The Hall–Kier alpha value is -2.11. The molecule has 1 rings (SSSR count). The number of esters is 1. The molecular weight excluding hydrogens is 236 g/mol. The third-order valence-electron chi connectivity index (χ3n) is 2.28. The normalized spacial score (nSPS) is 11.7. The molecule has 0 saturated heterocycles. The Morgan fingerprint density at radius 2 is 2.17 bits per heavy atom. The number of nitrogens with zero attached hydrogens (tertiary/aromatic N) is 1. The Bertz CT molecular complexity index is 434. The first-order valence-electron chi connectivity index (χ1n) is 5.70. The zero-order chi connectivity index (χ0) is 13.5. The molecular formula is C12H16N2O4. The van der Waals surface area contributed by atoms with Gasteiger partial charge in [-0.25, -0.2) is 0 Å². The van der Waals surface area contributed by atoms with Crippen LogP contribution in [0.5, 0.6) is 0 Å². The second-order valence-corrected chi connectivity index (χ2v) is 3.83. The predicted molar refractivity (Wildman–Crippen MR) is 67.4 cm³/mol. The van der Waals surface area contributed by atoms with E-state index >= 15 is 0 Å². The van der Waals surface area contributed by atoms with Crippen LogP contribution in [0.2, 0.25) is 0 Å². The molecule has 0 amide bonds. The van der Waals surface area contributed by atoms with E-state index in [-0.39, 0.29) is 24.1 Å². The zero-order valence-electron chi connectivity index (χ0n) is 10.4. The topological polar surface area (TPSA) is 81.5 Å². The van der Waals surface area contributed by atoms with Crippen LogP contribution in [-0.4, -0.2) is 23.5 Å².